The zero-order valence-corrected chi connectivity index (χ0v) is 38.6. The SMILES string of the molecule is COc1cc(N2CCN(C3CCN(C4CN(C(=O)OC(C)(C)C)C4)CC3)CC2)c(-c2cnn(C)c2)cc1Nc1ncc(Br)c(Nc2ccc(C)c(C)c2P(=O)(OC)OC)n1. The highest BCUT2D eigenvalue weighted by Gasteiger charge is 2.39. The lowest BCUT2D eigenvalue weighted by Crippen LogP contribution is -2.63. The predicted molar refractivity (Wildman–Crippen MR) is 239 cm³/mol. The molecule has 2 aromatic heterocycles. The molecule has 2 aromatic carbocycles. The second-order valence-corrected chi connectivity index (χ2v) is 19.7. The van der Waals surface area contributed by atoms with Gasteiger partial charge in [-0.05, 0) is 86.6 Å². The van der Waals surface area contributed by atoms with E-state index < -0.39 is 13.2 Å². The number of hydrogen-bond acceptors (Lipinski definition) is 14. The number of piperidine rings is 1. The number of halogens is 1. The van der Waals surface area contributed by atoms with Crippen LogP contribution in [0, 0.1) is 13.8 Å². The van der Waals surface area contributed by atoms with Crippen molar-refractivity contribution in [2.45, 2.75) is 65.1 Å². The molecule has 0 bridgehead atoms. The normalized spacial score (nSPS) is 17.4. The zero-order chi connectivity index (χ0) is 42.9. The molecule has 3 saturated heterocycles. The number of aryl methyl sites for hydroxylation is 2. The summed E-state index contributed by atoms with van der Waals surface area (Å²) in [5.41, 5.74) is 5.57. The summed E-state index contributed by atoms with van der Waals surface area (Å²) >= 11 is 3.59. The number of carbonyl (C=O) groups is 1. The molecular formula is C42H58BrN10O6P. The van der Waals surface area contributed by atoms with Crippen molar-refractivity contribution in [1.29, 1.82) is 0 Å². The van der Waals surface area contributed by atoms with E-state index in [1.165, 1.54) is 14.2 Å². The van der Waals surface area contributed by atoms with Crippen molar-refractivity contribution in [3.8, 4) is 16.9 Å². The van der Waals surface area contributed by atoms with Crippen LogP contribution in [0.1, 0.15) is 44.7 Å². The summed E-state index contributed by atoms with van der Waals surface area (Å²) in [7, 11) is 2.72. The summed E-state index contributed by atoms with van der Waals surface area (Å²) in [4.78, 5) is 31.3. The fourth-order valence-corrected chi connectivity index (χ4v) is 10.1. The van der Waals surface area contributed by atoms with E-state index in [2.05, 4.69) is 63.5 Å². The van der Waals surface area contributed by atoms with Crippen LogP contribution in [0.4, 0.5) is 33.6 Å². The first kappa shape index (κ1) is 43.8. The Balaban J connectivity index is 1.05. The van der Waals surface area contributed by atoms with Gasteiger partial charge in [0.15, 0.2) is 0 Å². The van der Waals surface area contributed by atoms with E-state index in [9.17, 15) is 9.36 Å². The third-order valence-electron chi connectivity index (χ3n) is 11.7. The quantitative estimate of drug-likeness (QED) is 0.140. The Hall–Kier alpha value is -4.25. The van der Waals surface area contributed by atoms with Crippen LogP contribution >= 0.6 is 23.5 Å². The third kappa shape index (κ3) is 9.46. The van der Waals surface area contributed by atoms with Crippen LogP contribution in [0.15, 0.2) is 47.3 Å². The van der Waals surface area contributed by atoms with Gasteiger partial charge in [-0.15, -0.1) is 0 Å². The molecule has 60 heavy (non-hydrogen) atoms. The lowest BCUT2D eigenvalue weighted by atomic mass is 9.98. The van der Waals surface area contributed by atoms with Gasteiger partial charge in [0.05, 0.1) is 34.5 Å². The molecule has 0 spiro atoms. The number of aromatic nitrogens is 4. The van der Waals surface area contributed by atoms with E-state index in [-0.39, 0.29) is 6.09 Å². The summed E-state index contributed by atoms with van der Waals surface area (Å²) < 4.78 is 38.5. The molecular weight excluding hydrogens is 851 g/mol. The summed E-state index contributed by atoms with van der Waals surface area (Å²) in [5, 5.41) is 11.7. The van der Waals surface area contributed by atoms with Gasteiger partial charge in [-0.2, -0.15) is 10.1 Å². The number of likely N-dealkylation sites (tertiary alicyclic amines) is 2. The third-order valence-corrected chi connectivity index (χ3v) is 14.4. The summed E-state index contributed by atoms with van der Waals surface area (Å²) in [6.45, 7) is 16.8. The van der Waals surface area contributed by atoms with Crippen LogP contribution in [-0.4, -0.2) is 132 Å². The van der Waals surface area contributed by atoms with E-state index in [0.29, 0.717) is 50.8 Å². The van der Waals surface area contributed by atoms with Crippen molar-refractivity contribution in [1.82, 2.24) is 34.4 Å². The number of piperazine rings is 1. The Bertz CT molecular complexity index is 2220. The molecule has 0 radical (unpaired) electrons. The topological polar surface area (TPSA) is 152 Å². The van der Waals surface area contributed by atoms with Crippen LogP contribution in [0.2, 0.25) is 0 Å². The standard InChI is InChI=1S/C42H58BrN10O6P/c1-27-10-11-34(38(28(27)2)60(55,57-8)58-9)46-39-33(43)23-44-40(48-39)47-35-20-32(29-22-45-49(6)24-29)36(21-37(35)56-7)52-18-16-51(17-19-52)30-12-14-50(15-13-30)31-25-53(26-31)41(54)59-42(3,4)5/h10-11,20-24,30-31H,12-19,25-26H2,1-9H3,(H2,44,46,47,48). The number of amides is 1. The first-order chi connectivity index (χ1) is 28.6. The molecule has 2 N–H and O–H groups in total. The molecule has 0 unspecified atom stereocenters. The van der Waals surface area contributed by atoms with E-state index in [4.69, 9.17) is 23.5 Å². The molecule has 18 heteroatoms. The molecule has 0 atom stereocenters. The first-order valence-corrected chi connectivity index (χ1v) is 22.7. The van der Waals surface area contributed by atoms with Crippen molar-refractivity contribution in [3.63, 3.8) is 0 Å². The number of ether oxygens (including phenoxy) is 2. The minimum absolute atomic E-state index is 0.211. The molecule has 0 saturated carbocycles. The molecule has 3 aliphatic heterocycles. The Morgan fingerprint density at radius 1 is 0.900 bits per heavy atom. The maximum absolute atomic E-state index is 13.7. The van der Waals surface area contributed by atoms with Crippen molar-refractivity contribution >= 4 is 63.8 Å². The molecule has 1 amide bonds. The first-order valence-electron chi connectivity index (χ1n) is 20.4. The molecule has 16 nitrogen and oxygen atoms in total. The Morgan fingerprint density at radius 2 is 1.58 bits per heavy atom. The molecule has 3 fully saturated rings. The largest absolute Gasteiger partial charge is 0.494 e. The molecule has 3 aliphatic rings. The van der Waals surface area contributed by atoms with Gasteiger partial charge in [0.1, 0.15) is 17.2 Å². The highest BCUT2D eigenvalue weighted by atomic mass is 79.9. The van der Waals surface area contributed by atoms with Gasteiger partial charge >= 0.3 is 13.7 Å². The lowest BCUT2D eigenvalue weighted by molar-refractivity contribution is -0.0247. The fourth-order valence-electron chi connectivity index (χ4n) is 8.27. The number of hydrogen-bond donors (Lipinski definition) is 2. The van der Waals surface area contributed by atoms with Crippen LogP contribution in [0.25, 0.3) is 11.1 Å². The lowest BCUT2D eigenvalue weighted by Gasteiger charge is -2.49. The number of methoxy groups -OCH3 is 1. The second-order valence-electron chi connectivity index (χ2n) is 16.7. The maximum atomic E-state index is 13.7. The van der Waals surface area contributed by atoms with Gasteiger partial charge in [-0.1, -0.05) is 6.07 Å². The Kier molecular flexibility index (Phi) is 13.1. The van der Waals surface area contributed by atoms with Gasteiger partial charge < -0.3 is 39.0 Å². The van der Waals surface area contributed by atoms with Crippen LogP contribution in [0.5, 0.6) is 5.75 Å². The van der Waals surface area contributed by atoms with Gasteiger partial charge in [-0.3, -0.25) is 19.0 Å². The van der Waals surface area contributed by atoms with E-state index in [1.54, 1.807) is 13.3 Å². The van der Waals surface area contributed by atoms with E-state index >= 15 is 0 Å². The van der Waals surface area contributed by atoms with Gasteiger partial charge in [0.2, 0.25) is 5.95 Å². The fraction of sp³-hybridized carbons (Fsp3) is 0.524. The molecule has 5 heterocycles. The Labute approximate surface area is 361 Å². The summed E-state index contributed by atoms with van der Waals surface area (Å²) in [6, 6.07) is 8.91. The number of rotatable bonds is 12. The second kappa shape index (κ2) is 18.0. The summed E-state index contributed by atoms with van der Waals surface area (Å²) in [6.07, 6.45) is 7.60. The monoisotopic (exact) mass is 908 g/mol. The number of nitrogens with one attached hydrogen (secondary N) is 2. The number of anilines is 5. The predicted octanol–water partition coefficient (Wildman–Crippen LogP) is 7.07. The van der Waals surface area contributed by atoms with Crippen LogP contribution < -0.4 is 25.6 Å². The van der Waals surface area contributed by atoms with Crippen molar-refractivity contribution in [3.05, 3.63) is 58.5 Å². The average molecular weight is 910 g/mol. The average Bonchev–Trinajstić information content (AvgIpc) is 3.65. The molecule has 0 aliphatic carbocycles. The molecule has 7 rings (SSSR count). The highest BCUT2D eigenvalue weighted by Crippen LogP contribution is 2.49. The molecule has 4 aromatic rings. The summed E-state index contributed by atoms with van der Waals surface area (Å²) in [5.74, 6) is 1.43. The van der Waals surface area contributed by atoms with Crippen LogP contribution in [-0.2, 0) is 25.4 Å². The van der Waals surface area contributed by atoms with Crippen molar-refractivity contribution in [2.75, 3.05) is 89.2 Å². The minimum Gasteiger partial charge on any atom is -0.494 e. The number of benzene rings is 2. The number of carbonyl (C=O) groups excluding carboxylic acids is 1. The molecule has 324 valence electrons. The minimum atomic E-state index is -3.62. The van der Waals surface area contributed by atoms with Gasteiger partial charge in [0.25, 0.3) is 0 Å². The highest BCUT2D eigenvalue weighted by molar-refractivity contribution is 9.10. The smallest absolute Gasteiger partial charge is 0.410 e. The number of nitrogens with zero attached hydrogens (tertiary/aromatic N) is 8. The van der Waals surface area contributed by atoms with Crippen LogP contribution in [0.3, 0.4) is 0 Å². The van der Waals surface area contributed by atoms with E-state index in [1.807, 2.05) is 75.8 Å². The van der Waals surface area contributed by atoms with Gasteiger partial charge in [-0.25, -0.2) is 9.78 Å². The van der Waals surface area contributed by atoms with Crippen molar-refractivity contribution < 1.29 is 27.9 Å². The maximum Gasteiger partial charge on any atom is 0.410 e. The van der Waals surface area contributed by atoms with Crippen molar-refractivity contribution in [2.24, 2.45) is 7.05 Å². The Morgan fingerprint density at radius 3 is 2.20 bits per heavy atom. The van der Waals surface area contributed by atoms with Gasteiger partial charge in [0, 0.05) is 121 Å². The van der Waals surface area contributed by atoms with E-state index in [0.717, 1.165) is 93.1 Å². The zero-order valence-electron chi connectivity index (χ0n) is 36.1.